The second kappa shape index (κ2) is 7.85. The summed E-state index contributed by atoms with van der Waals surface area (Å²) in [5, 5.41) is 7.72. The van der Waals surface area contributed by atoms with Gasteiger partial charge in [-0.25, -0.2) is 0 Å². The molecule has 140 valence electrons. The Balaban J connectivity index is 1.70. The third kappa shape index (κ3) is 4.05. The first-order valence-electron chi connectivity index (χ1n) is 9.89. The highest BCUT2D eigenvalue weighted by Crippen LogP contribution is 2.35. The SMILES string of the molecule is Cc1nc(C2(NCC(=O)N(C(C)C)C3CCCC3)CCCCC2)no1. The normalized spacial score (nSPS) is 21.0. The van der Waals surface area contributed by atoms with Crippen LogP contribution in [0.1, 0.15) is 83.3 Å². The van der Waals surface area contributed by atoms with E-state index in [-0.39, 0.29) is 17.5 Å². The van der Waals surface area contributed by atoms with E-state index >= 15 is 0 Å². The molecule has 6 nitrogen and oxygen atoms in total. The molecule has 3 rings (SSSR count). The summed E-state index contributed by atoms with van der Waals surface area (Å²) in [7, 11) is 0. The largest absolute Gasteiger partial charge is 0.340 e. The second-order valence-corrected chi connectivity index (χ2v) is 7.97. The van der Waals surface area contributed by atoms with Crippen LogP contribution in [0.15, 0.2) is 4.52 Å². The van der Waals surface area contributed by atoms with Crippen molar-refractivity contribution in [3.63, 3.8) is 0 Å². The molecular formula is C19H32N4O2. The maximum Gasteiger partial charge on any atom is 0.237 e. The number of hydrogen-bond donors (Lipinski definition) is 1. The van der Waals surface area contributed by atoms with Gasteiger partial charge in [-0.1, -0.05) is 37.3 Å². The van der Waals surface area contributed by atoms with Crippen molar-refractivity contribution in [2.45, 2.75) is 96.2 Å². The number of hydrogen-bond acceptors (Lipinski definition) is 5. The predicted octanol–water partition coefficient (Wildman–Crippen LogP) is 3.31. The van der Waals surface area contributed by atoms with Crippen molar-refractivity contribution in [2.75, 3.05) is 6.54 Å². The van der Waals surface area contributed by atoms with Crippen LogP contribution in [0.25, 0.3) is 0 Å². The average molecular weight is 348 g/mol. The molecule has 25 heavy (non-hydrogen) atoms. The van der Waals surface area contributed by atoms with Crippen molar-refractivity contribution < 1.29 is 9.32 Å². The average Bonchev–Trinajstić information content (AvgIpc) is 3.26. The van der Waals surface area contributed by atoms with E-state index in [0.29, 0.717) is 18.5 Å². The molecule has 0 bridgehead atoms. The molecule has 1 heterocycles. The van der Waals surface area contributed by atoms with E-state index in [4.69, 9.17) is 4.52 Å². The standard InChI is InChI=1S/C19H32N4O2/c1-14(2)23(16-9-5-6-10-16)17(24)13-20-19(11-7-4-8-12-19)18-21-15(3)25-22-18/h14,16,20H,4-13H2,1-3H3. The predicted molar refractivity (Wildman–Crippen MR) is 96.0 cm³/mol. The summed E-state index contributed by atoms with van der Waals surface area (Å²) in [4.78, 5) is 19.6. The molecule has 2 aliphatic carbocycles. The number of nitrogens with one attached hydrogen (secondary N) is 1. The summed E-state index contributed by atoms with van der Waals surface area (Å²) in [6.45, 7) is 6.41. The highest BCUT2D eigenvalue weighted by molar-refractivity contribution is 5.79. The lowest BCUT2D eigenvalue weighted by atomic mass is 9.81. The number of aryl methyl sites for hydroxylation is 1. The third-order valence-corrected chi connectivity index (χ3v) is 5.80. The van der Waals surface area contributed by atoms with Crippen LogP contribution < -0.4 is 5.32 Å². The van der Waals surface area contributed by atoms with Crippen LogP contribution in [0.3, 0.4) is 0 Å². The fourth-order valence-electron chi connectivity index (χ4n) is 4.56. The van der Waals surface area contributed by atoms with E-state index in [9.17, 15) is 4.79 Å². The number of aromatic nitrogens is 2. The minimum absolute atomic E-state index is 0.201. The first-order valence-corrected chi connectivity index (χ1v) is 9.89. The first-order chi connectivity index (χ1) is 12.0. The number of nitrogens with zero attached hydrogens (tertiary/aromatic N) is 3. The van der Waals surface area contributed by atoms with E-state index in [2.05, 4.69) is 34.2 Å². The molecule has 1 amide bonds. The quantitative estimate of drug-likeness (QED) is 0.854. The number of rotatable bonds is 6. The highest BCUT2D eigenvalue weighted by Gasteiger charge is 2.39. The zero-order valence-electron chi connectivity index (χ0n) is 15.9. The Morgan fingerprint density at radius 2 is 1.92 bits per heavy atom. The van der Waals surface area contributed by atoms with E-state index in [1.165, 1.54) is 19.3 Å². The van der Waals surface area contributed by atoms with Crippen LogP contribution in [0.2, 0.25) is 0 Å². The second-order valence-electron chi connectivity index (χ2n) is 7.97. The minimum Gasteiger partial charge on any atom is -0.340 e. The Hall–Kier alpha value is -1.43. The van der Waals surface area contributed by atoms with Crippen molar-refractivity contribution in [3.8, 4) is 0 Å². The molecule has 0 unspecified atom stereocenters. The summed E-state index contributed by atoms with van der Waals surface area (Å²) in [6.07, 6.45) is 10.2. The Morgan fingerprint density at radius 3 is 2.48 bits per heavy atom. The Morgan fingerprint density at radius 1 is 1.24 bits per heavy atom. The fraction of sp³-hybridized carbons (Fsp3) is 0.842. The van der Waals surface area contributed by atoms with Crippen LogP contribution in [-0.4, -0.2) is 39.6 Å². The van der Waals surface area contributed by atoms with E-state index in [1.807, 2.05) is 6.92 Å². The monoisotopic (exact) mass is 348 g/mol. The van der Waals surface area contributed by atoms with E-state index in [1.54, 1.807) is 0 Å². The lowest BCUT2D eigenvalue weighted by Gasteiger charge is -2.38. The van der Waals surface area contributed by atoms with Gasteiger partial charge in [0.2, 0.25) is 11.8 Å². The zero-order valence-corrected chi connectivity index (χ0v) is 15.9. The lowest BCUT2D eigenvalue weighted by Crippen LogP contribution is -2.52. The molecule has 1 aromatic heterocycles. The van der Waals surface area contributed by atoms with Gasteiger partial charge in [0.15, 0.2) is 5.82 Å². The van der Waals surface area contributed by atoms with Gasteiger partial charge in [-0.3, -0.25) is 10.1 Å². The maximum atomic E-state index is 13.0. The summed E-state index contributed by atoms with van der Waals surface area (Å²) in [5.74, 6) is 1.50. The Bertz CT molecular complexity index is 572. The van der Waals surface area contributed by atoms with Crippen molar-refractivity contribution in [3.05, 3.63) is 11.7 Å². The molecule has 1 N–H and O–H groups in total. The van der Waals surface area contributed by atoms with Crippen LogP contribution >= 0.6 is 0 Å². The molecule has 2 saturated carbocycles. The number of amides is 1. The maximum absolute atomic E-state index is 13.0. The van der Waals surface area contributed by atoms with Gasteiger partial charge in [0.1, 0.15) is 0 Å². The molecule has 0 spiro atoms. The molecule has 0 aliphatic heterocycles. The topological polar surface area (TPSA) is 71.3 Å². The van der Waals surface area contributed by atoms with Gasteiger partial charge < -0.3 is 9.42 Å². The van der Waals surface area contributed by atoms with Gasteiger partial charge >= 0.3 is 0 Å². The van der Waals surface area contributed by atoms with Gasteiger partial charge in [-0.15, -0.1) is 0 Å². The van der Waals surface area contributed by atoms with Crippen LogP contribution in [-0.2, 0) is 10.3 Å². The van der Waals surface area contributed by atoms with Gasteiger partial charge in [0.25, 0.3) is 0 Å². The van der Waals surface area contributed by atoms with Crippen LogP contribution in [0.5, 0.6) is 0 Å². The van der Waals surface area contributed by atoms with Crippen molar-refractivity contribution in [1.29, 1.82) is 0 Å². The smallest absolute Gasteiger partial charge is 0.237 e. The molecule has 0 atom stereocenters. The molecule has 2 fully saturated rings. The van der Waals surface area contributed by atoms with Crippen molar-refractivity contribution in [2.24, 2.45) is 0 Å². The minimum atomic E-state index is -0.315. The van der Waals surface area contributed by atoms with Crippen molar-refractivity contribution in [1.82, 2.24) is 20.4 Å². The van der Waals surface area contributed by atoms with Gasteiger partial charge in [0.05, 0.1) is 12.1 Å². The summed E-state index contributed by atoms with van der Waals surface area (Å²) in [5.41, 5.74) is -0.315. The summed E-state index contributed by atoms with van der Waals surface area (Å²) in [6, 6.07) is 0.649. The summed E-state index contributed by atoms with van der Waals surface area (Å²) >= 11 is 0. The number of carbonyl (C=O) groups excluding carboxylic acids is 1. The van der Waals surface area contributed by atoms with Gasteiger partial charge in [0, 0.05) is 19.0 Å². The molecular weight excluding hydrogens is 316 g/mol. The van der Waals surface area contributed by atoms with E-state index < -0.39 is 0 Å². The molecule has 1 aromatic rings. The van der Waals surface area contributed by atoms with Crippen LogP contribution in [0, 0.1) is 6.92 Å². The van der Waals surface area contributed by atoms with Gasteiger partial charge in [-0.05, 0) is 39.5 Å². The lowest BCUT2D eigenvalue weighted by molar-refractivity contribution is -0.135. The van der Waals surface area contributed by atoms with E-state index in [0.717, 1.165) is 44.3 Å². The zero-order chi connectivity index (χ0) is 17.9. The number of carbonyl (C=O) groups is 1. The fourth-order valence-corrected chi connectivity index (χ4v) is 4.56. The molecule has 6 heteroatoms. The molecule has 2 aliphatic rings. The molecule has 0 radical (unpaired) electrons. The molecule has 0 aromatic carbocycles. The Labute approximate surface area is 150 Å². The first kappa shape index (κ1) is 18.4. The Kier molecular flexibility index (Phi) is 5.77. The van der Waals surface area contributed by atoms with Crippen molar-refractivity contribution >= 4 is 5.91 Å². The van der Waals surface area contributed by atoms with Gasteiger partial charge in [-0.2, -0.15) is 4.98 Å². The third-order valence-electron chi connectivity index (χ3n) is 5.80. The summed E-state index contributed by atoms with van der Waals surface area (Å²) < 4.78 is 5.22. The highest BCUT2D eigenvalue weighted by atomic mass is 16.5. The molecule has 0 saturated heterocycles. The van der Waals surface area contributed by atoms with Crippen LogP contribution in [0.4, 0.5) is 0 Å².